The first-order chi connectivity index (χ1) is 7.15. The van der Waals surface area contributed by atoms with Crippen LogP contribution in [0.25, 0.3) is 0 Å². The Morgan fingerprint density at radius 3 is 2.73 bits per heavy atom. The van der Waals surface area contributed by atoms with Crippen LogP contribution in [0.1, 0.15) is 25.7 Å². The van der Waals surface area contributed by atoms with Crippen LogP contribution in [-0.4, -0.2) is 42.3 Å². The molecule has 1 aliphatic rings. The number of rotatable bonds is 3. The number of methoxy groups -OCH3 is 1. The van der Waals surface area contributed by atoms with Gasteiger partial charge < -0.3 is 14.7 Å². The third-order valence-corrected chi connectivity index (χ3v) is 2.86. The van der Waals surface area contributed by atoms with E-state index in [0.717, 1.165) is 25.7 Å². The van der Waals surface area contributed by atoms with E-state index in [1.54, 1.807) is 6.20 Å². The van der Waals surface area contributed by atoms with Gasteiger partial charge in [0.2, 0.25) is 0 Å². The van der Waals surface area contributed by atoms with Crippen LogP contribution in [0, 0.1) is 0 Å². The second kappa shape index (κ2) is 5.75. The van der Waals surface area contributed by atoms with Crippen LogP contribution in [0.2, 0.25) is 0 Å². The summed E-state index contributed by atoms with van der Waals surface area (Å²) in [7, 11) is 3.22. The van der Waals surface area contributed by atoms with E-state index in [1.807, 2.05) is 11.9 Å². The molecule has 15 heavy (non-hydrogen) atoms. The summed E-state index contributed by atoms with van der Waals surface area (Å²) >= 11 is 0. The number of aliphatic hydroxyl groups is 1. The van der Waals surface area contributed by atoms with E-state index in [4.69, 9.17) is 0 Å². The molecule has 0 aliphatic heterocycles. The summed E-state index contributed by atoms with van der Waals surface area (Å²) in [5.41, 5.74) is 0. The molecule has 0 aromatic carbocycles. The summed E-state index contributed by atoms with van der Waals surface area (Å²) in [6, 6.07) is 0.125. The van der Waals surface area contributed by atoms with E-state index in [1.165, 1.54) is 13.2 Å². The number of likely N-dealkylation sites (N-methyl/N-ethyl adjacent to an activating group) is 1. The monoisotopic (exact) mass is 213 g/mol. The average molecular weight is 213 g/mol. The number of carbonyl (C=O) groups excluding carboxylic acids is 1. The van der Waals surface area contributed by atoms with Crippen molar-refractivity contribution in [3.8, 4) is 0 Å². The van der Waals surface area contributed by atoms with E-state index in [9.17, 15) is 9.90 Å². The molecular weight excluding hydrogens is 194 g/mol. The highest BCUT2D eigenvalue weighted by atomic mass is 16.5. The van der Waals surface area contributed by atoms with Gasteiger partial charge in [-0.3, -0.25) is 0 Å². The molecule has 1 saturated carbocycles. The van der Waals surface area contributed by atoms with Crippen molar-refractivity contribution in [3.05, 3.63) is 12.3 Å². The maximum atomic E-state index is 10.9. The first-order valence-electron chi connectivity index (χ1n) is 5.31. The Kier molecular flexibility index (Phi) is 4.62. The molecule has 2 unspecified atom stereocenters. The van der Waals surface area contributed by atoms with Crippen molar-refractivity contribution in [2.75, 3.05) is 14.2 Å². The first-order valence-corrected chi connectivity index (χ1v) is 5.31. The standard InChI is InChI=1S/C11H19NO3/c1-12(8-7-11(14)15-2)9-5-3-4-6-10(9)13/h7-10,13H,3-6H2,1-2H3/b8-7+. The molecule has 2 atom stereocenters. The van der Waals surface area contributed by atoms with Crippen molar-refractivity contribution in [2.45, 2.75) is 37.8 Å². The van der Waals surface area contributed by atoms with Crippen LogP contribution in [0.4, 0.5) is 0 Å². The third-order valence-electron chi connectivity index (χ3n) is 2.86. The van der Waals surface area contributed by atoms with Crippen LogP contribution < -0.4 is 0 Å². The van der Waals surface area contributed by atoms with E-state index in [-0.39, 0.29) is 18.1 Å². The zero-order valence-corrected chi connectivity index (χ0v) is 9.35. The topological polar surface area (TPSA) is 49.8 Å². The molecule has 1 N–H and O–H groups in total. The number of hydrogen-bond acceptors (Lipinski definition) is 4. The van der Waals surface area contributed by atoms with Crippen LogP contribution in [0.3, 0.4) is 0 Å². The first kappa shape index (κ1) is 12.0. The normalized spacial score (nSPS) is 26.6. The summed E-state index contributed by atoms with van der Waals surface area (Å²) < 4.78 is 4.50. The summed E-state index contributed by atoms with van der Waals surface area (Å²) in [6.45, 7) is 0. The minimum Gasteiger partial charge on any atom is -0.466 e. The molecule has 0 aromatic heterocycles. The van der Waals surface area contributed by atoms with Gasteiger partial charge in [0.25, 0.3) is 0 Å². The van der Waals surface area contributed by atoms with Crippen LogP contribution in [-0.2, 0) is 9.53 Å². The summed E-state index contributed by atoms with van der Waals surface area (Å²) in [6.07, 6.45) is 6.81. The minimum atomic E-state index is -0.368. The maximum absolute atomic E-state index is 10.9. The lowest BCUT2D eigenvalue weighted by Crippen LogP contribution is -2.40. The predicted molar refractivity (Wildman–Crippen MR) is 57.2 cm³/mol. The van der Waals surface area contributed by atoms with Gasteiger partial charge in [0.15, 0.2) is 0 Å². The molecule has 0 bridgehead atoms. The van der Waals surface area contributed by atoms with Crippen molar-refractivity contribution in [1.82, 2.24) is 4.90 Å². The molecule has 1 rings (SSSR count). The van der Waals surface area contributed by atoms with Gasteiger partial charge in [-0.1, -0.05) is 12.8 Å². The Bertz CT molecular complexity index is 240. The van der Waals surface area contributed by atoms with Crippen molar-refractivity contribution in [2.24, 2.45) is 0 Å². The molecule has 4 nitrogen and oxygen atoms in total. The SMILES string of the molecule is COC(=O)/C=C/N(C)C1CCCCC1O. The molecule has 0 saturated heterocycles. The fraction of sp³-hybridized carbons (Fsp3) is 0.727. The zero-order valence-electron chi connectivity index (χ0n) is 9.35. The van der Waals surface area contributed by atoms with Gasteiger partial charge >= 0.3 is 5.97 Å². The van der Waals surface area contributed by atoms with Crippen LogP contribution in [0.15, 0.2) is 12.3 Å². The molecule has 0 aromatic rings. The Morgan fingerprint density at radius 2 is 2.13 bits per heavy atom. The molecule has 1 aliphatic carbocycles. The smallest absolute Gasteiger partial charge is 0.331 e. The second-order valence-corrected chi connectivity index (χ2v) is 3.92. The van der Waals surface area contributed by atoms with Gasteiger partial charge in [-0.15, -0.1) is 0 Å². The van der Waals surface area contributed by atoms with Crippen LogP contribution >= 0.6 is 0 Å². The molecule has 86 valence electrons. The van der Waals surface area contributed by atoms with Crippen LogP contribution in [0.5, 0.6) is 0 Å². The fourth-order valence-electron chi connectivity index (χ4n) is 1.92. The van der Waals surface area contributed by atoms with E-state index < -0.39 is 0 Å². The number of ether oxygens (including phenoxy) is 1. The fourth-order valence-corrected chi connectivity index (χ4v) is 1.92. The largest absolute Gasteiger partial charge is 0.466 e. The molecule has 4 heteroatoms. The van der Waals surface area contributed by atoms with Crippen molar-refractivity contribution in [1.29, 1.82) is 0 Å². The lowest BCUT2D eigenvalue weighted by atomic mass is 9.92. The molecule has 0 amide bonds. The second-order valence-electron chi connectivity index (χ2n) is 3.92. The highest BCUT2D eigenvalue weighted by Gasteiger charge is 2.24. The number of hydrogen-bond donors (Lipinski definition) is 1. The zero-order chi connectivity index (χ0) is 11.3. The lowest BCUT2D eigenvalue weighted by molar-refractivity contribution is -0.134. The molecule has 1 fully saturated rings. The van der Waals surface area contributed by atoms with Gasteiger partial charge in [-0.05, 0) is 12.8 Å². The summed E-state index contributed by atoms with van der Waals surface area (Å²) in [5, 5.41) is 9.77. The highest BCUT2D eigenvalue weighted by molar-refractivity contribution is 5.81. The lowest BCUT2D eigenvalue weighted by Gasteiger charge is -2.34. The van der Waals surface area contributed by atoms with Crippen molar-refractivity contribution in [3.63, 3.8) is 0 Å². The third kappa shape index (κ3) is 3.55. The van der Waals surface area contributed by atoms with Gasteiger partial charge in [0.1, 0.15) is 0 Å². The number of carbonyl (C=O) groups is 1. The molecular formula is C11H19NO3. The molecule has 0 spiro atoms. The van der Waals surface area contributed by atoms with E-state index in [2.05, 4.69) is 4.74 Å². The Hall–Kier alpha value is -1.03. The minimum absolute atomic E-state index is 0.125. The number of esters is 1. The molecule has 0 radical (unpaired) electrons. The predicted octanol–water partition coefficient (Wildman–Crippen LogP) is 0.908. The Labute approximate surface area is 90.5 Å². The highest BCUT2D eigenvalue weighted by Crippen LogP contribution is 2.22. The van der Waals surface area contributed by atoms with Crippen molar-refractivity contribution < 1.29 is 14.6 Å². The molecule has 0 heterocycles. The number of nitrogens with zero attached hydrogens (tertiary/aromatic N) is 1. The van der Waals surface area contributed by atoms with E-state index >= 15 is 0 Å². The van der Waals surface area contributed by atoms with Gasteiger partial charge in [0, 0.05) is 19.3 Å². The summed E-state index contributed by atoms with van der Waals surface area (Å²) in [5.74, 6) is -0.368. The van der Waals surface area contributed by atoms with E-state index in [0.29, 0.717) is 0 Å². The maximum Gasteiger partial charge on any atom is 0.331 e. The Morgan fingerprint density at radius 1 is 1.47 bits per heavy atom. The van der Waals surface area contributed by atoms with Crippen molar-refractivity contribution >= 4 is 5.97 Å². The van der Waals surface area contributed by atoms with Gasteiger partial charge in [0.05, 0.1) is 19.3 Å². The average Bonchev–Trinajstić information content (AvgIpc) is 2.26. The summed E-state index contributed by atoms with van der Waals surface area (Å²) in [4.78, 5) is 12.8. The Balaban J connectivity index is 2.47. The van der Waals surface area contributed by atoms with Gasteiger partial charge in [-0.25, -0.2) is 4.79 Å². The number of aliphatic hydroxyl groups excluding tert-OH is 1. The quantitative estimate of drug-likeness (QED) is 0.559. The van der Waals surface area contributed by atoms with Gasteiger partial charge in [-0.2, -0.15) is 0 Å².